The Morgan fingerprint density at radius 3 is 2.60 bits per heavy atom. The predicted molar refractivity (Wildman–Crippen MR) is 69.4 cm³/mol. The van der Waals surface area contributed by atoms with Gasteiger partial charge in [-0.3, -0.25) is 0 Å². The van der Waals surface area contributed by atoms with E-state index in [-0.39, 0.29) is 24.2 Å². The van der Waals surface area contributed by atoms with Gasteiger partial charge in [0.15, 0.2) is 0 Å². The zero-order valence-corrected chi connectivity index (χ0v) is 10.5. The lowest BCUT2D eigenvalue weighted by molar-refractivity contribution is 0.246. The third kappa shape index (κ3) is 2.43. The molecule has 5 heteroatoms. The largest absolute Gasteiger partial charge is 0.488 e. The van der Waals surface area contributed by atoms with E-state index >= 15 is 0 Å². The van der Waals surface area contributed by atoms with Gasteiger partial charge in [-0.25, -0.2) is 13.2 Å². The van der Waals surface area contributed by atoms with Gasteiger partial charge in [0.2, 0.25) is 0 Å². The zero-order valence-electron chi connectivity index (χ0n) is 10.5. The van der Waals surface area contributed by atoms with E-state index in [1.54, 1.807) is 6.07 Å². The van der Waals surface area contributed by atoms with Crippen molar-refractivity contribution in [3.05, 3.63) is 59.4 Å². The number of nitrogens with one attached hydrogen (secondary N) is 1. The lowest BCUT2D eigenvalue weighted by atomic mass is 10.1. The first kappa shape index (κ1) is 12.8. The number of rotatable bonds is 3. The van der Waals surface area contributed by atoms with E-state index in [9.17, 15) is 13.2 Å². The number of fused-ring (bicyclic) bond motifs is 1. The number of ether oxygens (including phenoxy) is 1. The third-order valence-electron chi connectivity index (χ3n) is 3.23. The maximum absolute atomic E-state index is 13.4. The van der Waals surface area contributed by atoms with Gasteiger partial charge in [-0.15, -0.1) is 0 Å². The van der Waals surface area contributed by atoms with E-state index in [1.807, 2.05) is 0 Å². The van der Waals surface area contributed by atoms with E-state index in [2.05, 4.69) is 5.32 Å². The molecule has 0 saturated carbocycles. The molecule has 2 aromatic rings. The van der Waals surface area contributed by atoms with Crippen LogP contribution in [0.25, 0.3) is 0 Å². The van der Waals surface area contributed by atoms with Gasteiger partial charge in [-0.05, 0) is 30.3 Å². The minimum Gasteiger partial charge on any atom is -0.488 e. The highest BCUT2D eigenvalue weighted by Crippen LogP contribution is 2.29. The summed E-state index contributed by atoms with van der Waals surface area (Å²) in [6.45, 7) is 0.244. The van der Waals surface area contributed by atoms with Crippen LogP contribution in [0.3, 0.4) is 0 Å². The van der Waals surface area contributed by atoms with Gasteiger partial charge >= 0.3 is 0 Å². The van der Waals surface area contributed by atoms with Crippen molar-refractivity contribution in [3.8, 4) is 5.75 Å². The summed E-state index contributed by atoms with van der Waals surface area (Å²) in [5.74, 6) is -0.994. The van der Waals surface area contributed by atoms with Crippen LogP contribution in [0.4, 0.5) is 18.9 Å². The Kier molecular flexibility index (Phi) is 3.26. The van der Waals surface area contributed by atoms with E-state index in [4.69, 9.17) is 4.74 Å². The van der Waals surface area contributed by atoms with Crippen molar-refractivity contribution in [2.45, 2.75) is 12.5 Å². The molecule has 1 aliphatic heterocycles. The summed E-state index contributed by atoms with van der Waals surface area (Å²) in [4.78, 5) is 0. The van der Waals surface area contributed by atoms with Crippen LogP contribution in [0.15, 0.2) is 36.4 Å². The smallest absolute Gasteiger partial charge is 0.149 e. The van der Waals surface area contributed by atoms with Gasteiger partial charge in [0, 0.05) is 12.0 Å². The Morgan fingerprint density at radius 2 is 1.85 bits per heavy atom. The molecule has 1 N–H and O–H groups in total. The van der Waals surface area contributed by atoms with Crippen LogP contribution in [-0.2, 0) is 6.42 Å². The van der Waals surface area contributed by atoms with Crippen LogP contribution in [0, 0.1) is 17.5 Å². The molecule has 1 unspecified atom stereocenters. The van der Waals surface area contributed by atoms with Gasteiger partial charge in [0.25, 0.3) is 0 Å². The highest BCUT2D eigenvalue weighted by atomic mass is 19.1. The molecule has 0 aliphatic carbocycles. The molecule has 104 valence electrons. The minimum absolute atomic E-state index is 0.168. The fourth-order valence-corrected chi connectivity index (χ4v) is 2.29. The standard InChI is InChI=1S/C15H12F3NO/c16-10-4-5-14-9(6-10)7-11(20-14)8-19-15-12(17)2-1-3-13(15)18/h1-6,11,19H,7-8H2. The van der Waals surface area contributed by atoms with E-state index < -0.39 is 11.6 Å². The summed E-state index contributed by atoms with van der Waals surface area (Å²) in [7, 11) is 0. The second-order valence-corrected chi connectivity index (χ2v) is 4.67. The van der Waals surface area contributed by atoms with Crippen molar-refractivity contribution >= 4 is 5.69 Å². The molecule has 1 atom stereocenters. The second-order valence-electron chi connectivity index (χ2n) is 4.67. The van der Waals surface area contributed by atoms with Gasteiger partial charge in [-0.1, -0.05) is 6.07 Å². The first-order valence-electron chi connectivity index (χ1n) is 6.26. The number of hydrogen-bond donors (Lipinski definition) is 1. The Bertz CT molecular complexity index is 625. The number of hydrogen-bond acceptors (Lipinski definition) is 2. The molecule has 0 radical (unpaired) electrons. The minimum atomic E-state index is -0.647. The molecular formula is C15H12F3NO. The lowest BCUT2D eigenvalue weighted by Gasteiger charge is -2.13. The highest BCUT2D eigenvalue weighted by Gasteiger charge is 2.23. The molecule has 0 fully saturated rings. The molecule has 1 aliphatic rings. The molecule has 0 amide bonds. The first-order chi connectivity index (χ1) is 9.63. The average Bonchev–Trinajstić information content (AvgIpc) is 2.80. The Balaban J connectivity index is 1.67. The van der Waals surface area contributed by atoms with E-state index in [0.29, 0.717) is 12.2 Å². The Hall–Kier alpha value is -2.17. The van der Waals surface area contributed by atoms with Gasteiger partial charge in [0.1, 0.15) is 35.0 Å². The van der Waals surface area contributed by atoms with Crippen molar-refractivity contribution in [2.75, 3.05) is 11.9 Å². The summed E-state index contributed by atoms with van der Waals surface area (Å²) in [6, 6.07) is 7.98. The molecule has 2 nitrogen and oxygen atoms in total. The van der Waals surface area contributed by atoms with Gasteiger partial charge in [0.05, 0.1) is 6.54 Å². The molecule has 1 heterocycles. The van der Waals surface area contributed by atoms with Crippen molar-refractivity contribution in [1.29, 1.82) is 0 Å². The predicted octanol–water partition coefficient (Wildman–Crippen LogP) is 3.52. The molecule has 0 spiro atoms. The summed E-state index contributed by atoms with van der Waals surface area (Å²) >= 11 is 0. The first-order valence-corrected chi connectivity index (χ1v) is 6.26. The number of para-hydroxylation sites is 1. The maximum atomic E-state index is 13.4. The fourth-order valence-electron chi connectivity index (χ4n) is 2.29. The maximum Gasteiger partial charge on any atom is 0.149 e. The molecule has 0 saturated heterocycles. The Morgan fingerprint density at radius 1 is 1.10 bits per heavy atom. The summed E-state index contributed by atoms with van der Waals surface area (Å²) < 4.78 is 45.6. The summed E-state index contributed by atoms with van der Waals surface area (Å²) in [5.41, 5.74) is 0.601. The molecule has 0 bridgehead atoms. The van der Waals surface area contributed by atoms with Crippen LogP contribution >= 0.6 is 0 Å². The summed E-state index contributed by atoms with van der Waals surface area (Å²) in [5, 5.41) is 2.70. The normalized spacial score (nSPS) is 16.6. The molecular weight excluding hydrogens is 267 g/mol. The SMILES string of the molecule is Fc1ccc2c(c1)CC(CNc1c(F)cccc1F)O2. The molecule has 0 aromatic heterocycles. The van der Waals surface area contributed by atoms with Crippen LogP contribution in [0.2, 0.25) is 0 Å². The molecule has 2 aromatic carbocycles. The monoisotopic (exact) mass is 279 g/mol. The second kappa shape index (κ2) is 5.07. The third-order valence-corrected chi connectivity index (χ3v) is 3.23. The van der Waals surface area contributed by atoms with Crippen LogP contribution in [0.1, 0.15) is 5.56 Å². The van der Waals surface area contributed by atoms with Crippen LogP contribution in [-0.4, -0.2) is 12.6 Å². The van der Waals surface area contributed by atoms with Crippen LogP contribution < -0.4 is 10.1 Å². The van der Waals surface area contributed by atoms with Gasteiger partial charge < -0.3 is 10.1 Å². The average molecular weight is 279 g/mol. The highest BCUT2D eigenvalue weighted by molar-refractivity contribution is 5.46. The topological polar surface area (TPSA) is 21.3 Å². The number of halogens is 3. The quantitative estimate of drug-likeness (QED) is 0.928. The van der Waals surface area contributed by atoms with E-state index in [1.165, 1.54) is 30.3 Å². The fraction of sp³-hybridized carbons (Fsp3) is 0.200. The van der Waals surface area contributed by atoms with Gasteiger partial charge in [-0.2, -0.15) is 0 Å². The van der Waals surface area contributed by atoms with Crippen molar-refractivity contribution in [3.63, 3.8) is 0 Å². The van der Waals surface area contributed by atoms with E-state index in [0.717, 1.165) is 5.56 Å². The molecule has 3 rings (SSSR count). The van der Waals surface area contributed by atoms with Crippen molar-refractivity contribution in [2.24, 2.45) is 0 Å². The van der Waals surface area contributed by atoms with Crippen LogP contribution in [0.5, 0.6) is 5.75 Å². The lowest BCUT2D eigenvalue weighted by Crippen LogP contribution is -2.24. The summed E-state index contributed by atoms with van der Waals surface area (Å²) in [6.07, 6.45) is 0.238. The Labute approximate surface area is 114 Å². The molecule has 20 heavy (non-hydrogen) atoms. The zero-order chi connectivity index (χ0) is 14.1. The van der Waals surface area contributed by atoms with Crippen molar-refractivity contribution < 1.29 is 17.9 Å². The number of anilines is 1. The number of benzene rings is 2. The van der Waals surface area contributed by atoms with Crippen molar-refractivity contribution in [1.82, 2.24) is 0 Å².